The lowest BCUT2D eigenvalue weighted by Gasteiger charge is -2.18. The standard InChI is InChI=1S/C21H26F2O2/c1-13(12-25-21-16(4)10-19(23)11-17(21)5)6-7-24-20-14(2)8-18(22)9-15(20)3/h8-11,13H,6-7,12H2,1-5H3. The van der Waals surface area contributed by atoms with Gasteiger partial charge in [0, 0.05) is 0 Å². The number of ether oxygens (including phenoxy) is 2. The molecular formula is C21H26F2O2. The van der Waals surface area contributed by atoms with Gasteiger partial charge in [0.05, 0.1) is 13.2 Å². The largest absolute Gasteiger partial charge is 0.493 e. The van der Waals surface area contributed by atoms with Gasteiger partial charge < -0.3 is 9.47 Å². The van der Waals surface area contributed by atoms with Crippen LogP contribution in [0, 0.1) is 45.2 Å². The molecule has 1 unspecified atom stereocenters. The van der Waals surface area contributed by atoms with Crippen LogP contribution in [0.4, 0.5) is 8.78 Å². The third kappa shape index (κ3) is 5.18. The average Bonchev–Trinajstić information content (AvgIpc) is 2.48. The van der Waals surface area contributed by atoms with Crippen LogP contribution in [0.3, 0.4) is 0 Å². The zero-order chi connectivity index (χ0) is 18.6. The van der Waals surface area contributed by atoms with Gasteiger partial charge >= 0.3 is 0 Å². The second-order valence-corrected chi connectivity index (χ2v) is 6.79. The van der Waals surface area contributed by atoms with Gasteiger partial charge in [0.25, 0.3) is 0 Å². The zero-order valence-electron chi connectivity index (χ0n) is 15.6. The molecule has 1 atom stereocenters. The van der Waals surface area contributed by atoms with Crippen molar-refractivity contribution >= 4 is 0 Å². The highest BCUT2D eigenvalue weighted by molar-refractivity contribution is 5.41. The molecule has 0 aromatic heterocycles. The van der Waals surface area contributed by atoms with E-state index in [4.69, 9.17) is 9.47 Å². The fourth-order valence-corrected chi connectivity index (χ4v) is 2.92. The van der Waals surface area contributed by atoms with Crippen molar-refractivity contribution in [3.63, 3.8) is 0 Å². The van der Waals surface area contributed by atoms with E-state index in [0.717, 1.165) is 40.2 Å². The van der Waals surface area contributed by atoms with E-state index in [1.165, 1.54) is 24.3 Å². The Morgan fingerprint density at radius 1 is 0.760 bits per heavy atom. The first kappa shape index (κ1) is 19.2. The number of hydrogen-bond donors (Lipinski definition) is 0. The van der Waals surface area contributed by atoms with Gasteiger partial charge in [-0.3, -0.25) is 0 Å². The third-order valence-corrected chi connectivity index (χ3v) is 4.22. The van der Waals surface area contributed by atoms with Crippen molar-refractivity contribution in [2.45, 2.75) is 41.0 Å². The second-order valence-electron chi connectivity index (χ2n) is 6.79. The topological polar surface area (TPSA) is 18.5 Å². The first-order valence-corrected chi connectivity index (χ1v) is 8.57. The van der Waals surface area contributed by atoms with E-state index in [-0.39, 0.29) is 17.6 Å². The molecule has 25 heavy (non-hydrogen) atoms. The van der Waals surface area contributed by atoms with Crippen LogP contribution in [0.1, 0.15) is 35.6 Å². The minimum absolute atomic E-state index is 0.242. The first-order valence-electron chi connectivity index (χ1n) is 8.57. The van der Waals surface area contributed by atoms with Crippen molar-refractivity contribution in [3.05, 3.63) is 58.2 Å². The maximum absolute atomic E-state index is 13.3. The summed E-state index contributed by atoms with van der Waals surface area (Å²) in [5, 5.41) is 0. The normalized spacial score (nSPS) is 12.1. The lowest BCUT2D eigenvalue weighted by molar-refractivity contribution is 0.215. The van der Waals surface area contributed by atoms with Crippen LogP contribution in [-0.4, -0.2) is 13.2 Å². The molecule has 4 heteroatoms. The highest BCUT2D eigenvalue weighted by Crippen LogP contribution is 2.26. The fourth-order valence-electron chi connectivity index (χ4n) is 2.92. The summed E-state index contributed by atoms with van der Waals surface area (Å²) in [6.45, 7) is 10.5. The van der Waals surface area contributed by atoms with E-state index >= 15 is 0 Å². The maximum atomic E-state index is 13.3. The Kier molecular flexibility index (Phi) is 6.40. The lowest BCUT2D eigenvalue weighted by atomic mass is 10.1. The van der Waals surface area contributed by atoms with Crippen LogP contribution in [0.25, 0.3) is 0 Å². The summed E-state index contributed by atoms with van der Waals surface area (Å²) in [7, 11) is 0. The van der Waals surface area contributed by atoms with Crippen molar-refractivity contribution in [2.75, 3.05) is 13.2 Å². The summed E-state index contributed by atoms with van der Waals surface area (Å²) in [6.07, 6.45) is 0.815. The molecule has 0 aliphatic heterocycles. The van der Waals surface area contributed by atoms with Gasteiger partial charge in [0.1, 0.15) is 23.1 Å². The van der Waals surface area contributed by atoms with E-state index < -0.39 is 0 Å². The van der Waals surface area contributed by atoms with Crippen molar-refractivity contribution < 1.29 is 18.3 Å². The Morgan fingerprint density at radius 3 is 1.60 bits per heavy atom. The molecule has 0 saturated heterocycles. The minimum Gasteiger partial charge on any atom is -0.493 e. The summed E-state index contributed by atoms with van der Waals surface area (Å²) in [5.74, 6) is 1.30. The Hall–Kier alpha value is -2.10. The van der Waals surface area contributed by atoms with Crippen LogP contribution in [0.5, 0.6) is 11.5 Å². The SMILES string of the molecule is Cc1cc(F)cc(C)c1OCCC(C)COc1c(C)cc(F)cc1C. The molecule has 0 aliphatic rings. The maximum Gasteiger partial charge on any atom is 0.125 e. The van der Waals surface area contributed by atoms with E-state index in [0.29, 0.717) is 13.2 Å². The molecule has 0 amide bonds. The van der Waals surface area contributed by atoms with Crippen molar-refractivity contribution in [3.8, 4) is 11.5 Å². The van der Waals surface area contributed by atoms with Crippen molar-refractivity contribution in [1.29, 1.82) is 0 Å². The second kappa shape index (κ2) is 8.32. The summed E-state index contributed by atoms with van der Waals surface area (Å²) in [5.41, 5.74) is 3.22. The van der Waals surface area contributed by atoms with Crippen LogP contribution in [-0.2, 0) is 0 Å². The summed E-state index contributed by atoms with van der Waals surface area (Å²) in [4.78, 5) is 0. The predicted molar refractivity (Wildman–Crippen MR) is 96.5 cm³/mol. The Bertz CT molecular complexity index is 695. The van der Waals surface area contributed by atoms with Crippen molar-refractivity contribution in [1.82, 2.24) is 0 Å². The van der Waals surface area contributed by atoms with Crippen molar-refractivity contribution in [2.24, 2.45) is 5.92 Å². The van der Waals surface area contributed by atoms with Gasteiger partial charge in [-0.15, -0.1) is 0 Å². The quantitative estimate of drug-likeness (QED) is 0.641. The number of rotatable bonds is 7. The van der Waals surface area contributed by atoms with Gasteiger partial charge in [0.15, 0.2) is 0 Å². The molecule has 0 aliphatic carbocycles. The van der Waals surface area contributed by atoms with Gasteiger partial charge in [-0.2, -0.15) is 0 Å². The van der Waals surface area contributed by atoms with E-state index in [9.17, 15) is 8.78 Å². The molecule has 0 spiro atoms. The van der Waals surface area contributed by atoms with Gasteiger partial charge in [-0.25, -0.2) is 8.78 Å². The third-order valence-electron chi connectivity index (χ3n) is 4.22. The van der Waals surface area contributed by atoms with E-state index in [1.54, 1.807) is 0 Å². The van der Waals surface area contributed by atoms with Gasteiger partial charge in [0.2, 0.25) is 0 Å². The highest BCUT2D eigenvalue weighted by Gasteiger charge is 2.11. The molecule has 0 bridgehead atoms. The Labute approximate surface area is 148 Å². The summed E-state index contributed by atoms with van der Waals surface area (Å²) >= 11 is 0. The van der Waals surface area contributed by atoms with Crippen LogP contribution in [0.15, 0.2) is 24.3 Å². The molecule has 0 saturated carbocycles. The number of aryl methyl sites for hydroxylation is 4. The van der Waals surface area contributed by atoms with E-state index in [2.05, 4.69) is 6.92 Å². The van der Waals surface area contributed by atoms with Crippen LogP contribution in [0.2, 0.25) is 0 Å². The summed E-state index contributed by atoms with van der Waals surface area (Å²) < 4.78 is 38.4. The average molecular weight is 348 g/mol. The summed E-state index contributed by atoms with van der Waals surface area (Å²) in [6, 6.07) is 5.93. The zero-order valence-corrected chi connectivity index (χ0v) is 15.6. The molecule has 0 radical (unpaired) electrons. The monoisotopic (exact) mass is 348 g/mol. The fraction of sp³-hybridized carbons (Fsp3) is 0.429. The molecule has 136 valence electrons. The Morgan fingerprint density at radius 2 is 1.16 bits per heavy atom. The molecule has 2 rings (SSSR count). The highest BCUT2D eigenvalue weighted by atomic mass is 19.1. The number of benzene rings is 2. The number of hydrogen-bond acceptors (Lipinski definition) is 2. The Balaban J connectivity index is 1.85. The van der Waals surface area contributed by atoms with Gasteiger partial charge in [-0.1, -0.05) is 6.92 Å². The molecule has 2 aromatic carbocycles. The lowest BCUT2D eigenvalue weighted by Crippen LogP contribution is -2.14. The van der Waals surface area contributed by atoms with Crippen LogP contribution >= 0.6 is 0 Å². The molecule has 0 fully saturated rings. The first-order chi connectivity index (χ1) is 11.8. The van der Waals surface area contributed by atoms with E-state index in [1.807, 2.05) is 27.7 Å². The number of halogens is 2. The minimum atomic E-state index is -0.242. The smallest absolute Gasteiger partial charge is 0.125 e. The molecule has 2 aromatic rings. The molecular weight excluding hydrogens is 322 g/mol. The molecule has 0 N–H and O–H groups in total. The van der Waals surface area contributed by atoms with Gasteiger partial charge in [-0.05, 0) is 86.6 Å². The molecule has 0 heterocycles. The molecule has 2 nitrogen and oxygen atoms in total. The van der Waals surface area contributed by atoms with Crippen LogP contribution < -0.4 is 9.47 Å². The predicted octanol–water partition coefficient (Wildman–Crippen LogP) is 5.68.